The number of nitrogens with zero attached hydrogens (tertiary/aromatic N) is 3. The maximum Gasteiger partial charge on any atom is 0.422 e. The minimum absolute atomic E-state index is 0. The Bertz CT molecular complexity index is 760. The van der Waals surface area contributed by atoms with E-state index in [0.717, 1.165) is 0 Å². The third kappa shape index (κ3) is 4.65. The molecule has 0 aliphatic carbocycles. The first-order valence-electron chi connectivity index (χ1n) is 6.11. The Morgan fingerprint density at radius 1 is 1.35 bits per heavy atom. The van der Waals surface area contributed by atoms with E-state index in [9.17, 15) is 13.2 Å². The van der Waals surface area contributed by atoms with Crippen LogP contribution in [0.2, 0.25) is 0 Å². The van der Waals surface area contributed by atoms with Crippen LogP contribution >= 0.6 is 0 Å². The van der Waals surface area contributed by atoms with Crippen molar-refractivity contribution >= 4 is 17.0 Å². The molecule has 0 aliphatic heterocycles. The summed E-state index contributed by atoms with van der Waals surface area (Å²) in [5.41, 5.74) is 0.469. The molecule has 0 atom stereocenters. The van der Waals surface area contributed by atoms with E-state index in [1.807, 2.05) is 0 Å². The topological polar surface area (TPSA) is 88.9 Å². The van der Waals surface area contributed by atoms with Crippen LogP contribution in [0.4, 0.5) is 19.0 Å². The molecule has 2 N–H and O–H groups in total. The molecule has 0 unspecified atom stereocenters. The fraction of sp³-hybridized carbons (Fsp3) is 0.250. The number of imidazole rings is 1. The van der Waals surface area contributed by atoms with Crippen LogP contribution < -0.4 is 10.1 Å². The van der Waals surface area contributed by atoms with E-state index < -0.39 is 12.8 Å². The number of hydrogen-bond donors (Lipinski definition) is 2. The molecular formula is C12H9F3N5O2Y-. The number of alkyl halides is 3. The molecule has 11 heteroatoms. The molecule has 7 nitrogen and oxygen atoms in total. The van der Waals surface area contributed by atoms with E-state index >= 15 is 0 Å². The molecule has 0 aromatic carbocycles. The van der Waals surface area contributed by atoms with Crippen molar-refractivity contribution in [2.24, 2.45) is 0 Å². The summed E-state index contributed by atoms with van der Waals surface area (Å²) in [4.78, 5) is 14.0. The molecular weight excluding hydrogens is 392 g/mol. The van der Waals surface area contributed by atoms with Crippen LogP contribution in [0.5, 0.6) is 6.01 Å². The van der Waals surface area contributed by atoms with Crippen molar-refractivity contribution < 1.29 is 55.0 Å². The summed E-state index contributed by atoms with van der Waals surface area (Å²) in [6.45, 7) is -1.11. The fourth-order valence-corrected chi connectivity index (χ4v) is 1.70. The third-order valence-corrected chi connectivity index (χ3v) is 2.60. The second kappa shape index (κ2) is 7.26. The molecule has 0 amide bonds. The molecule has 3 aromatic heterocycles. The summed E-state index contributed by atoms with van der Waals surface area (Å²) in [7, 11) is 0. The Morgan fingerprint density at radius 3 is 2.87 bits per heavy atom. The van der Waals surface area contributed by atoms with Crippen molar-refractivity contribution in [3.8, 4) is 6.01 Å². The Hall–Kier alpha value is -1.68. The first-order valence-corrected chi connectivity index (χ1v) is 6.11. The zero-order valence-corrected chi connectivity index (χ0v) is 14.4. The Labute approximate surface area is 152 Å². The maximum atomic E-state index is 12.1. The first kappa shape index (κ1) is 17.7. The van der Waals surface area contributed by atoms with Crippen LogP contribution in [0, 0.1) is 6.33 Å². The Balaban J connectivity index is 0.00000192. The number of fused-ring (bicyclic) bond motifs is 1. The number of aromatic amines is 1. The predicted molar refractivity (Wildman–Crippen MR) is 68.1 cm³/mol. The number of H-pyrrole nitrogens is 1. The van der Waals surface area contributed by atoms with Gasteiger partial charge < -0.3 is 29.4 Å². The monoisotopic (exact) mass is 401 g/mol. The summed E-state index contributed by atoms with van der Waals surface area (Å²) in [5.74, 6) is 0.996. The number of furan rings is 1. The predicted octanol–water partition coefficient (Wildman–Crippen LogP) is 2.30. The largest absolute Gasteiger partial charge is 0.468 e. The smallest absolute Gasteiger partial charge is 0.422 e. The van der Waals surface area contributed by atoms with E-state index in [-0.39, 0.29) is 44.4 Å². The summed E-state index contributed by atoms with van der Waals surface area (Å²) in [6, 6.07) is 3.21. The van der Waals surface area contributed by atoms with Gasteiger partial charge in [-0.2, -0.15) is 13.2 Å². The van der Waals surface area contributed by atoms with Gasteiger partial charge >= 0.3 is 6.18 Å². The molecule has 23 heavy (non-hydrogen) atoms. The molecule has 1 radical (unpaired) electrons. The van der Waals surface area contributed by atoms with Crippen molar-refractivity contribution in [1.82, 2.24) is 19.9 Å². The summed E-state index contributed by atoms with van der Waals surface area (Å²) < 4.78 is 46.1. The second-order valence-electron chi connectivity index (χ2n) is 4.25. The number of ether oxygens (including phenoxy) is 1. The van der Waals surface area contributed by atoms with E-state index in [1.165, 1.54) is 6.26 Å². The van der Waals surface area contributed by atoms with E-state index in [0.29, 0.717) is 23.6 Å². The van der Waals surface area contributed by atoms with Crippen LogP contribution in [0.1, 0.15) is 5.76 Å². The maximum absolute atomic E-state index is 12.1. The van der Waals surface area contributed by atoms with Gasteiger partial charge in [-0.3, -0.25) is 0 Å². The number of nitrogens with one attached hydrogen (secondary N) is 2. The SMILES string of the molecule is FC(F)(F)COc1nc2n[c-]nc(NCc3ccco3)c2[nH]1.[Y]. The number of hydrogen-bond acceptors (Lipinski definition) is 6. The first-order chi connectivity index (χ1) is 10.5. The van der Waals surface area contributed by atoms with Crippen molar-refractivity contribution in [1.29, 1.82) is 0 Å². The van der Waals surface area contributed by atoms with E-state index in [2.05, 4.69) is 36.3 Å². The average Bonchev–Trinajstić information content (AvgIpc) is 3.11. The van der Waals surface area contributed by atoms with Crippen LogP contribution in [0.15, 0.2) is 22.8 Å². The fourth-order valence-electron chi connectivity index (χ4n) is 1.70. The zero-order chi connectivity index (χ0) is 15.6. The standard InChI is InChI=1S/C12H9F3N5O2.Y/c13-12(14,15)5-22-11-19-8-9(17-6-18-10(8)20-11)16-4-7-2-1-3-21-7;/h1-3H,4-5H2,(H2,16,17,18,19,20);/q-1;. The molecule has 0 fully saturated rings. The normalized spacial score (nSPS) is 11.3. The zero-order valence-electron chi connectivity index (χ0n) is 11.5. The molecule has 3 rings (SSSR count). The number of aromatic nitrogens is 4. The molecule has 0 saturated carbocycles. The van der Waals surface area contributed by atoms with Crippen LogP contribution in [0.25, 0.3) is 11.2 Å². The van der Waals surface area contributed by atoms with E-state index in [1.54, 1.807) is 12.1 Å². The van der Waals surface area contributed by atoms with Gasteiger partial charge in [0.15, 0.2) is 6.61 Å². The van der Waals surface area contributed by atoms with E-state index in [4.69, 9.17) is 4.42 Å². The van der Waals surface area contributed by atoms with Gasteiger partial charge in [-0.15, -0.1) is 0 Å². The summed E-state index contributed by atoms with van der Waals surface area (Å²) in [5, 5.41) is 2.95. The second-order valence-corrected chi connectivity index (χ2v) is 4.25. The van der Waals surface area contributed by atoms with Crippen molar-refractivity contribution in [3.63, 3.8) is 0 Å². The van der Waals surface area contributed by atoms with Gasteiger partial charge in [-0.05, 0) is 12.1 Å². The third-order valence-electron chi connectivity index (χ3n) is 2.60. The van der Waals surface area contributed by atoms with Gasteiger partial charge in [0.25, 0.3) is 6.01 Å². The molecule has 0 aliphatic rings. The molecule has 3 heterocycles. The van der Waals surface area contributed by atoms with Gasteiger partial charge in [0, 0.05) is 50.4 Å². The molecule has 3 aromatic rings. The van der Waals surface area contributed by atoms with Gasteiger partial charge in [0.1, 0.15) is 5.76 Å². The average molecular weight is 401 g/mol. The molecule has 0 saturated heterocycles. The summed E-state index contributed by atoms with van der Waals surface area (Å²) >= 11 is 0. The molecule has 0 bridgehead atoms. The molecule has 0 spiro atoms. The Kier molecular flexibility index (Phi) is 5.58. The number of anilines is 1. The van der Waals surface area contributed by atoms with Crippen LogP contribution in [-0.2, 0) is 39.3 Å². The van der Waals surface area contributed by atoms with Crippen molar-refractivity contribution in [2.45, 2.75) is 12.7 Å². The quantitative estimate of drug-likeness (QED) is 0.638. The number of halogens is 3. The van der Waals surface area contributed by atoms with Gasteiger partial charge in [0.05, 0.1) is 18.5 Å². The van der Waals surface area contributed by atoms with Gasteiger partial charge in [-0.1, -0.05) is 0 Å². The number of rotatable bonds is 5. The molecule has 119 valence electrons. The minimum atomic E-state index is -4.45. The van der Waals surface area contributed by atoms with Crippen molar-refractivity contribution in [3.05, 3.63) is 30.5 Å². The van der Waals surface area contributed by atoms with Crippen molar-refractivity contribution in [2.75, 3.05) is 11.9 Å². The minimum Gasteiger partial charge on any atom is -0.468 e. The van der Waals surface area contributed by atoms with Crippen LogP contribution in [-0.4, -0.2) is 32.7 Å². The van der Waals surface area contributed by atoms with Gasteiger partial charge in [0.2, 0.25) is 0 Å². The Morgan fingerprint density at radius 2 is 2.17 bits per heavy atom. The van der Waals surface area contributed by atoms with Gasteiger partial charge in [-0.25, -0.2) is 4.98 Å². The van der Waals surface area contributed by atoms with Crippen LogP contribution in [0.3, 0.4) is 0 Å². The summed E-state index contributed by atoms with van der Waals surface area (Å²) in [6.07, 6.45) is -0.555.